The normalized spacial score (nSPS) is 24.4. The Hall–Kier alpha value is -3.09. The van der Waals surface area contributed by atoms with E-state index < -0.39 is 0 Å². The minimum absolute atomic E-state index is 0.0430. The molecule has 7 nitrogen and oxygen atoms in total. The standard InChI is InChI=1S/C29H38N2O5/c1-2-24-12-8-9-15-31(24)27(33)20-36-30-23-11-7-5-3-4-6-10-16-35-29(34)28-22(17-23)18-25(32)19-26(28)21-13-14-21/h4,6-7,11,18-19,21,24,32H,2-3,5,8-10,12-17,20H2,1H3/b6-4+,11-7+,30-23-. The van der Waals surface area contributed by atoms with Gasteiger partial charge in [-0.15, -0.1) is 0 Å². The predicted octanol–water partition coefficient (Wildman–Crippen LogP) is 5.43. The number of oxime groups is 1. The smallest absolute Gasteiger partial charge is 0.338 e. The van der Waals surface area contributed by atoms with Crippen LogP contribution in [0.4, 0.5) is 0 Å². The van der Waals surface area contributed by atoms with Crippen LogP contribution in [0, 0.1) is 0 Å². The number of benzene rings is 1. The third kappa shape index (κ3) is 6.99. The summed E-state index contributed by atoms with van der Waals surface area (Å²) >= 11 is 0. The van der Waals surface area contributed by atoms with E-state index in [1.807, 2.05) is 23.1 Å². The summed E-state index contributed by atoms with van der Waals surface area (Å²) in [7, 11) is 0. The van der Waals surface area contributed by atoms with Gasteiger partial charge in [0.05, 0.1) is 17.9 Å². The van der Waals surface area contributed by atoms with Crippen LogP contribution < -0.4 is 0 Å². The van der Waals surface area contributed by atoms with Crippen LogP contribution in [0.15, 0.2) is 41.6 Å². The molecule has 4 rings (SSSR count). The van der Waals surface area contributed by atoms with Crippen LogP contribution in [0.5, 0.6) is 5.75 Å². The monoisotopic (exact) mass is 494 g/mol. The summed E-state index contributed by atoms with van der Waals surface area (Å²) in [6.07, 6.45) is 16.8. The fourth-order valence-corrected chi connectivity index (χ4v) is 5.08. The number of nitrogens with zero attached hydrogens (tertiary/aromatic N) is 2. The average Bonchev–Trinajstić information content (AvgIpc) is 3.72. The number of amides is 1. The third-order valence-corrected chi connectivity index (χ3v) is 7.11. The highest BCUT2D eigenvalue weighted by Crippen LogP contribution is 2.44. The Morgan fingerprint density at radius 3 is 2.75 bits per heavy atom. The van der Waals surface area contributed by atoms with E-state index in [9.17, 15) is 14.7 Å². The molecule has 1 aliphatic carbocycles. The van der Waals surface area contributed by atoms with Crippen molar-refractivity contribution in [2.45, 2.75) is 83.1 Å². The maximum Gasteiger partial charge on any atom is 0.338 e. The molecular weight excluding hydrogens is 456 g/mol. The predicted molar refractivity (Wildman–Crippen MR) is 139 cm³/mol. The molecule has 36 heavy (non-hydrogen) atoms. The number of carbonyl (C=O) groups is 2. The zero-order chi connectivity index (χ0) is 25.3. The van der Waals surface area contributed by atoms with Crippen molar-refractivity contribution in [2.75, 3.05) is 19.8 Å². The maximum absolute atomic E-state index is 13.1. The van der Waals surface area contributed by atoms with E-state index in [0.717, 1.165) is 63.5 Å². The number of ether oxygens (including phenoxy) is 1. The number of hydrogen-bond acceptors (Lipinski definition) is 6. The summed E-state index contributed by atoms with van der Waals surface area (Å²) in [6, 6.07) is 3.57. The molecule has 3 aliphatic rings. The number of piperidine rings is 1. The van der Waals surface area contributed by atoms with E-state index in [2.05, 4.69) is 18.2 Å². The molecule has 1 N–H and O–H groups in total. The fourth-order valence-electron chi connectivity index (χ4n) is 5.08. The second kappa shape index (κ2) is 12.7. The summed E-state index contributed by atoms with van der Waals surface area (Å²) in [4.78, 5) is 33.4. The Kier molecular flexibility index (Phi) is 9.20. The Morgan fingerprint density at radius 1 is 1.14 bits per heavy atom. The van der Waals surface area contributed by atoms with E-state index in [1.54, 1.807) is 12.1 Å². The number of carbonyl (C=O) groups excluding carboxylic acids is 2. The average molecular weight is 495 g/mol. The van der Waals surface area contributed by atoms with Gasteiger partial charge < -0.3 is 19.6 Å². The fraction of sp³-hybridized carbons (Fsp3) is 0.552. The van der Waals surface area contributed by atoms with Crippen molar-refractivity contribution in [1.29, 1.82) is 0 Å². The van der Waals surface area contributed by atoms with E-state index in [1.165, 1.54) is 0 Å². The highest BCUT2D eigenvalue weighted by atomic mass is 16.6. The molecule has 1 aromatic carbocycles. The molecule has 0 aromatic heterocycles. The largest absolute Gasteiger partial charge is 0.508 e. The number of esters is 1. The lowest BCUT2D eigenvalue weighted by Crippen LogP contribution is -2.44. The molecule has 1 atom stereocenters. The molecule has 1 saturated carbocycles. The van der Waals surface area contributed by atoms with Crippen LogP contribution in [0.2, 0.25) is 0 Å². The second-order valence-electron chi connectivity index (χ2n) is 9.90. The Balaban J connectivity index is 1.56. The first-order valence-electron chi connectivity index (χ1n) is 13.4. The van der Waals surface area contributed by atoms with Gasteiger partial charge in [-0.1, -0.05) is 30.3 Å². The number of aromatic hydroxyl groups is 1. The molecule has 194 valence electrons. The number of phenolic OH excluding ortho intramolecular Hbond substituents is 1. The van der Waals surface area contributed by atoms with E-state index in [-0.39, 0.29) is 36.2 Å². The lowest BCUT2D eigenvalue weighted by Gasteiger charge is -2.34. The molecule has 0 radical (unpaired) electrons. The van der Waals surface area contributed by atoms with Crippen LogP contribution >= 0.6 is 0 Å². The molecule has 0 bridgehead atoms. The van der Waals surface area contributed by atoms with Gasteiger partial charge in [0.25, 0.3) is 5.91 Å². The van der Waals surface area contributed by atoms with Gasteiger partial charge in [0, 0.05) is 19.0 Å². The minimum atomic E-state index is -0.368. The first kappa shape index (κ1) is 26.0. The lowest BCUT2D eigenvalue weighted by atomic mass is 9.93. The topological polar surface area (TPSA) is 88.4 Å². The lowest BCUT2D eigenvalue weighted by molar-refractivity contribution is -0.139. The summed E-state index contributed by atoms with van der Waals surface area (Å²) in [6.45, 7) is 3.08. The van der Waals surface area contributed by atoms with Gasteiger partial charge in [-0.25, -0.2) is 4.79 Å². The molecule has 2 fully saturated rings. The van der Waals surface area contributed by atoms with Crippen molar-refractivity contribution in [3.8, 4) is 5.75 Å². The van der Waals surface area contributed by atoms with E-state index in [4.69, 9.17) is 9.57 Å². The van der Waals surface area contributed by atoms with Crippen molar-refractivity contribution in [1.82, 2.24) is 4.90 Å². The zero-order valence-corrected chi connectivity index (χ0v) is 21.3. The summed E-state index contributed by atoms with van der Waals surface area (Å²) in [5.74, 6) is -0.0216. The number of hydrogen-bond donors (Lipinski definition) is 1. The Bertz CT molecular complexity index is 1020. The first-order chi connectivity index (χ1) is 17.6. The SMILES string of the molecule is CCC1CCCCN1C(=O)CO/N=C1/C=C/CC/C=C/CCOC(=O)c2c(cc(O)cc2C2CC2)C1. The Morgan fingerprint density at radius 2 is 1.94 bits per heavy atom. The molecule has 1 saturated heterocycles. The van der Waals surface area contributed by atoms with E-state index >= 15 is 0 Å². The number of phenols is 1. The maximum atomic E-state index is 13.1. The van der Waals surface area contributed by atoms with Gasteiger partial charge in [-0.05, 0) is 93.0 Å². The van der Waals surface area contributed by atoms with Crippen LogP contribution in [-0.4, -0.2) is 53.4 Å². The van der Waals surface area contributed by atoms with Gasteiger partial charge in [0.15, 0.2) is 6.61 Å². The molecule has 0 spiro atoms. The van der Waals surface area contributed by atoms with E-state index in [0.29, 0.717) is 36.3 Å². The van der Waals surface area contributed by atoms with Crippen molar-refractivity contribution < 1.29 is 24.3 Å². The second-order valence-corrected chi connectivity index (χ2v) is 9.90. The quantitative estimate of drug-likeness (QED) is 0.335. The first-order valence-corrected chi connectivity index (χ1v) is 13.4. The van der Waals surface area contributed by atoms with Gasteiger partial charge in [0.1, 0.15) is 5.75 Å². The van der Waals surface area contributed by atoms with Gasteiger partial charge >= 0.3 is 5.97 Å². The van der Waals surface area contributed by atoms with Crippen LogP contribution in [0.1, 0.15) is 92.1 Å². The molecule has 2 aliphatic heterocycles. The molecule has 1 aromatic rings. The third-order valence-electron chi connectivity index (χ3n) is 7.11. The Labute approximate surface area is 213 Å². The number of rotatable bonds is 5. The molecule has 2 heterocycles. The summed E-state index contributed by atoms with van der Waals surface area (Å²) in [5, 5.41) is 14.7. The summed E-state index contributed by atoms with van der Waals surface area (Å²) in [5.41, 5.74) is 2.62. The van der Waals surface area contributed by atoms with Crippen LogP contribution in [-0.2, 0) is 20.8 Å². The molecular formula is C29H38N2O5. The molecule has 7 heteroatoms. The minimum Gasteiger partial charge on any atom is -0.508 e. The number of allylic oxidation sites excluding steroid dienone is 3. The van der Waals surface area contributed by atoms with Crippen LogP contribution in [0.25, 0.3) is 0 Å². The van der Waals surface area contributed by atoms with Crippen molar-refractivity contribution in [2.24, 2.45) is 5.16 Å². The van der Waals surface area contributed by atoms with Crippen molar-refractivity contribution in [3.63, 3.8) is 0 Å². The van der Waals surface area contributed by atoms with Gasteiger partial charge in [-0.3, -0.25) is 4.79 Å². The molecule has 1 amide bonds. The summed E-state index contributed by atoms with van der Waals surface area (Å²) < 4.78 is 5.60. The van der Waals surface area contributed by atoms with Crippen molar-refractivity contribution in [3.05, 3.63) is 53.1 Å². The molecule has 1 unspecified atom stereocenters. The zero-order valence-electron chi connectivity index (χ0n) is 21.3. The highest BCUT2D eigenvalue weighted by molar-refractivity contribution is 6.00. The number of cyclic esters (lactones) is 1. The number of fused-ring (bicyclic) bond motifs is 1. The van der Waals surface area contributed by atoms with Gasteiger partial charge in [0.2, 0.25) is 0 Å². The number of likely N-dealkylation sites (tertiary alicyclic amines) is 1. The highest BCUT2D eigenvalue weighted by Gasteiger charge is 2.31. The van der Waals surface area contributed by atoms with Crippen molar-refractivity contribution >= 4 is 17.6 Å². The van der Waals surface area contributed by atoms with Crippen LogP contribution in [0.3, 0.4) is 0 Å². The van der Waals surface area contributed by atoms with Gasteiger partial charge in [-0.2, -0.15) is 0 Å².